The van der Waals surface area contributed by atoms with Gasteiger partial charge in [0.25, 0.3) is 5.56 Å². The topological polar surface area (TPSA) is 72.7 Å². The molecule has 0 aromatic carbocycles. The summed E-state index contributed by atoms with van der Waals surface area (Å²) < 4.78 is 1.59. The summed E-state index contributed by atoms with van der Waals surface area (Å²) in [4.78, 5) is 23.6. The Bertz CT molecular complexity index is 861. The van der Waals surface area contributed by atoms with E-state index in [1.807, 2.05) is 25.1 Å². The van der Waals surface area contributed by atoms with Crippen molar-refractivity contribution in [3.05, 3.63) is 77.4 Å². The van der Waals surface area contributed by atoms with Gasteiger partial charge in [0, 0.05) is 18.3 Å². The van der Waals surface area contributed by atoms with Gasteiger partial charge >= 0.3 is 29.6 Å². The maximum Gasteiger partial charge on any atom is 1.00 e. The number of hydrogen-bond acceptors (Lipinski definition) is 5. The third kappa shape index (κ3) is 6.57. The molecule has 0 aliphatic heterocycles. The van der Waals surface area contributed by atoms with E-state index in [1.54, 1.807) is 35.3 Å². The quantitative estimate of drug-likeness (QED) is 0.525. The number of anilines is 1. The van der Waals surface area contributed by atoms with Crippen LogP contribution in [0.15, 0.2) is 59.9 Å². The Morgan fingerprint density at radius 1 is 1.15 bits per heavy atom. The minimum absolute atomic E-state index is 0. The van der Waals surface area contributed by atoms with Crippen LogP contribution >= 0.6 is 0 Å². The van der Waals surface area contributed by atoms with Gasteiger partial charge in [0.05, 0.1) is 11.9 Å². The van der Waals surface area contributed by atoms with Crippen LogP contribution in [0.1, 0.15) is 31.4 Å². The molecule has 0 radical (unpaired) electrons. The molecule has 1 N–H and O–H groups in total. The molecule has 0 spiro atoms. The Kier molecular flexibility index (Phi) is 8.64. The molecule has 3 heterocycles. The molecule has 3 aromatic rings. The molecule has 1 aliphatic carbocycles. The van der Waals surface area contributed by atoms with Gasteiger partial charge in [-0.3, -0.25) is 9.36 Å². The van der Waals surface area contributed by atoms with Crippen molar-refractivity contribution >= 4 is 5.82 Å². The van der Waals surface area contributed by atoms with Crippen LogP contribution in [0, 0.1) is 13.1 Å². The molecule has 0 bridgehead atoms. The molecule has 27 heavy (non-hydrogen) atoms. The average molecular weight is 371 g/mol. The monoisotopic (exact) mass is 371 g/mol. The van der Waals surface area contributed by atoms with Crippen molar-refractivity contribution in [1.29, 1.82) is 0 Å². The number of hydrogen-bond donors (Lipinski definition) is 1. The van der Waals surface area contributed by atoms with E-state index in [0.29, 0.717) is 6.04 Å². The summed E-state index contributed by atoms with van der Waals surface area (Å²) in [6.45, 7) is 1.88. The van der Waals surface area contributed by atoms with Crippen LogP contribution in [0.4, 0.5) is 5.82 Å². The summed E-state index contributed by atoms with van der Waals surface area (Å²) in [7, 11) is 0. The van der Waals surface area contributed by atoms with Gasteiger partial charge in [-0.05, 0) is 43.4 Å². The predicted octanol–water partition coefficient (Wildman–Crippen LogP) is 0.176. The first-order valence-electron chi connectivity index (χ1n) is 8.78. The fourth-order valence-electron chi connectivity index (χ4n) is 2.87. The van der Waals surface area contributed by atoms with Crippen molar-refractivity contribution in [1.82, 2.24) is 19.5 Å². The van der Waals surface area contributed by atoms with Gasteiger partial charge in [-0.1, -0.05) is 31.5 Å². The molecule has 1 saturated carbocycles. The summed E-state index contributed by atoms with van der Waals surface area (Å²) in [5.74, 6) is 0.889. The molecule has 1 fully saturated rings. The van der Waals surface area contributed by atoms with E-state index in [9.17, 15) is 4.79 Å². The summed E-state index contributed by atoms with van der Waals surface area (Å²) >= 11 is 0. The van der Waals surface area contributed by atoms with Crippen LogP contribution in [0.25, 0.3) is 5.69 Å². The maximum atomic E-state index is 11.7. The van der Waals surface area contributed by atoms with E-state index in [2.05, 4.69) is 26.5 Å². The number of aromatic nitrogens is 4. The van der Waals surface area contributed by atoms with Crippen LogP contribution in [0.2, 0.25) is 0 Å². The van der Waals surface area contributed by atoms with Crippen molar-refractivity contribution in [3.63, 3.8) is 0 Å². The zero-order chi connectivity index (χ0) is 18.2. The van der Waals surface area contributed by atoms with Crippen molar-refractivity contribution in [2.75, 3.05) is 5.32 Å². The van der Waals surface area contributed by atoms with Crippen LogP contribution < -0.4 is 40.4 Å². The second kappa shape index (κ2) is 11.0. The third-order valence-electron chi connectivity index (χ3n) is 4.19. The summed E-state index contributed by atoms with van der Waals surface area (Å²) in [5, 5.41) is 3.44. The average Bonchev–Trinajstić information content (AvgIpc) is 3.17. The van der Waals surface area contributed by atoms with Crippen LogP contribution in [-0.2, 0) is 0 Å². The van der Waals surface area contributed by atoms with E-state index in [-0.39, 0.29) is 35.1 Å². The first-order chi connectivity index (χ1) is 12.7. The number of nitrogens with one attached hydrogen (secondary N) is 1. The van der Waals surface area contributed by atoms with E-state index in [0.717, 1.165) is 17.2 Å². The number of pyridine rings is 2. The molecule has 6 nitrogen and oxygen atoms in total. The molecule has 0 saturated heterocycles. The van der Waals surface area contributed by atoms with Gasteiger partial charge in [0.2, 0.25) is 0 Å². The second-order valence-electron chi connectivity index (χ2n) is 6.23. The van der Waals surface area contributed by atoms with Crippen molar-refractivity contribution in [2.24, 2.45) is 0 Å². The zero-order valence-electron chi connectivity index (χ0n) is 15.8. The molecule has 4 rings (SSSR count). The largest absolute Gasteiger partial charge is 1.00 e. The molecule has 0 amide bonds. The number of rotatable bonds is 3. The van der Waals surface area contributed by atoms with E-state index < -0.39 is 0 Å². The zero-order valence-corrected chi connectivity index (χ0v) is 17.8. The van der Waals surface area contributed by atoms with E-state index in [1.165, 1.54) is 31.9 Å². The molecule has 134 valence electrons. The van der Waals surface area contributed by atoms with Crippen LogP contribution in [-0.4, -0.2) is 25.6 Å². The molecule has 7 heteroatoms. The van der Waals surface area contributed by atoms with Gasteiger partial charge < -0.3 is 15.3 Å². The molecular weight excluding hydrogens is 349 g/mol. The first-order valence-corrected chi connectivity index (χ1v) is 8.78. The predicted molar refractivity (Wildman–Crippen MR) is 101 cm³/mol. The van der Waals surface area contributed by atoms with Gasteiger partial charge in [0.1, 0.15) is 5.82 Å². The summed E-state index contributed by atoms with van der Waals surface area (Å²) in [5.41, 5.74) is 1.66. The summed E-state index contributed by atoms with van der Waals surface area (Å²) in [6, 6.07) is 9.54. The Hall–Kier alpha value is -2.02. The Morgan fingerprint density at radius 2 is 1.96 bits per heavy atom. The normalized spacial score (nSPS) is 13.2. The smallest absolute Gasteiger partial charge is 0.453 e. The molecular formula is C20H22N5NaO. The SMILES string of the molecule is Cc1cnc[c-]n1.O=c1ccccn1-c1ccc(NC2CCCC2)nc1.[Na+]. The minimum Gasteiger partial charge on any atom is -0.453 e. The molecule has 1 aliphatic rings. The number of aryl methyl sites for hydroxylation is 1. The standard InChI is InChI=1S/C15H17N3O.C5H5N2.Na/c19-15-7-3-4-10-18(15)13-8-9-14(16-11-13)17-12-5-1-2-6-12;1-5-4-6-2-3-7-5;/h3-4,7-12H,1-2,5-6H2,(H,16,17);2,4H,1H3;/q;-1;+1. The Labute approximate surface area is 181 Å². The van der Waals surface area contributed by atoms with E-state index in [4.69, 9.17) is 0 Å². The van der Waals surface area contributed by atoms with Crippen LogP contribution in [0.3, 0.4) is 0 Å². The molecule has 0 unspecified atom stereocenters. The van der Waals surface area contributed by atoms with E-state index >= 15 is 0 Å². The first kappa shape index (κ1) is 21.3. The summed E-state index contributed by atoms with van der Waals surface area (Å²) in [6.07, 6.45) is 14.4. The minimum atomic E-state index is -0.0409. The number of nitrogens with zero attached hydrogens (tertiary/aromatic N) is 4. The Morgan fingerprint density at radius 3 is 2.52 bits per heavy atom. The van der Waals surface area contributed by atoms with Crippen LogP contribution in [0.5, 0.6) is 0 Å². The van der Waals surface area contributed by atoms with Gasteiger partial charge in [0.15, 0.2) is 0 Å². The fourth-order valence-corrected chi connectivity index (χ4v) is 2.87. The van der Waals surface area contributed by atoms with Crippen molar-refractivity contribution in [2.45, 2.75) is 38.6 Å². The van der Waals surface area contributed by atoms with Gasteiger partial charge in [-0.15, -0.1) is 6.20 Å². The Balaban J connectivity index is 0.000000278. The van der Waals surface area contributed by atoms with Gasteiger partial charge in [-0.25, -0.2) is 4.98 Å². The molecule has 0 atom stereocenters. The van der Waals surface area contributed by atoms with Gasteiger partial charge in [-0.2, -0.15) is 0 Å². The van der Waals surface area contributed by atoms with Crippen molar-refractivity contribution < 1.29 is 29.6 Å². The second-order valence-corrected chi connectivity index (χ2v) is 6.23. The maximum absolute atomic E-state index is 11.7. The molecule has 3 aromatic heterocycles. The third-order valence-corrected chi connectivity index (χ3v) is 4.19. The fraction of sp³-hybridized carbons (Fsp3) is 0.300. The van der Waals surface area contributed by atoms with Crippen molar-refractivity contribution in [3.8, 4) is 5.69 Å².